The van der Waals surface area contributed by atoms with E-state index in [0.717, 1.165) is 41.8 Å². The van der Waals surface area contributed by atoms with Crippen LogP contribution in [0.4, 0.5) is 5.69 Å². The van der Waals surface area contributed by atoms with Gasteiger partial charge in [-0.3, -0.25) is 24.2 Å². The summed E-state index contributed by atoms with van der Waals surface area (Å²) in [5, 5.41) is 10.1. The first-order valence-corrected chi connectivity index (χ1v) is 11.5. The molecule has 4 N–H and O–H groups in total. The van der Waals surface area contributed by atoms with E-state index in [1.165, 1.54) is 0 Å². The zero-order valence-electron chi connectivity index (χ0n) is 18.6. The van der Waals surface area contributed by atoms with E-state index in [-0.39, 0.29) is 24.3 Å². The molecular weight excluding hydrogens is 436 g/mol. The van der Waals surface area contributed by atoms with E-state index >= 15 is 0 Å². The molecule has 1 aliphatic rings. The minimum absolute atomic E-state index is 0.110. The molecule has 0 spiro atoms. The van der Waals surface area contributed by atoms with Gasteiger partial charge in [0.15, 0.2) is 10.6 Å². The highest BCUT2D eigenvalue weighted by atomic mass is 32.1. The van der Waals surface area contributed by atoms with Gasteiger partial charge in [0.05, 0.1) is 6.04 Å². The van der Waals surface area contributed by atoms with Crippen LogP contribution < -0.4 is 11.1 Å². The second-order valence-electron chi connectivity index (χ2n) is 8.40. The van der Waals surface area contributed by atoms with Crippen LogP contribution in [0.1, 0.15) is 30.4 Å². The van der Waals surface area contributed by atoms with Gasteiger partial charge in [-0.15, -0.1) is 0 Å². The Morgan fingerprint density at radius 1 is 1.24 bits per heavy atom. The molecule has 1 aromatic heterocycles. The van der Waals surface area contributed by atoms with Gasteiger partial charge in [0, 0.05) is 30.8 Å². The van der Waals surface area contributed by atoms with Gasteiger partial charge in [0.2, 0.25) is 11.8 Å². The van der Waals surface area contributed by atoms with Crippen molar-refractivity contribution in [3.8, 4) is 11.4 Å². The van der Waals surface area contributed by atoms with Crippen LogP contribution in [0.15, 0.2) is 48.5 Å². The summed E-state index contributed by atoms with van der Waals surface area (Å²) in [6, 6.07) is 15.5. The molecule has 172 valence electrons. The van der Waals surface area contributed by atoms with Crippen LogP contribution in [-0.2, 0) is 22.7 Å². The fourth-order valence-corrected chi connectivity index (χ4v) is 4.43. The number of aromatic amines is 1. The Hall–Kier alpha value is -3.30. The Labute approximate surface area is 197 Å². The van der Waals surface area contributed by atoms with Crippen molar-refractivity contribution < 1.29 is 9.59 Å². The van der Waals surface area contributed by atoms with E-state index in [4.69, 9.17) is 18.0 Å². The molecule has 0 bridgehead atoms. The summed E-state index contributed by atoms with van der Waals surface area (Å²) in [5.41, 5.74) is 9.38. The molecule has 1 atom stereocenters. The molecular formula is C24H28N6O2S. The predicted molar refractivity (Wildman–Crippen MR) is 130 cm³/mol. The van der Waals surface area contributed by atoms with Crippen LogP contribution >= 0.6 is 12.2 Å². The van der Waals surface area contributed by atoms with Crippen molar-refractivity contribution in [3.05, 3.63) is 64.4 Å². The van der Waals surface area contributed by atoms with Gasteiger partial charge in [-0.2, -0.15) is 5.10 Å². The standard InChI is InChI=1S/C24H28N6O2S/c1-16-7-9-18(10-8-16)23-27-28-24(33)30(23)13-11-21(31)26-19-5-2-4-17(14-19)15-29-12-3-6-20(29)22(25)32/h2,4-5,7-10,14,20H,3,6,11-13,15H2,1H3,(H2,25,32)(H,26,31)(H,28,33). The summed E-state index contributed by atoms with van der Waals surface area (Å²) in [6.07, 6.45) is 2.02. The van der Waals surface area contributed by atoms with Crippen LogP contribution in [0.5, 0.6) is 0 Å². The molecule has 2 aromatic carbocycles. The van der Waals surface area contributed by atoms with Gasteiger partial charge < -0.3 is 11.1 Å². The minimum Gasteiger partial charge on any atom is -0.368 e. The molecule has 8 nitrogen and oxygen atoms in total. The highest BCUT2D eigenvalue weighted by molar-refractivity contribution is 7.71. The summed E-state index contributed by atoms with van der Waals surface area (Å²) >= 11 is 5.37. The third-order valence-corrected chi connectivity index (χ3v) is 6.23. The number of nitrogens with two attached hydrogens (primary N) is 1. The molecule has 0 radical (unpaired) electrons. The molecule has 33 heavy (non-hydrogen) atoms. The monoisotopic (exact) mass is 464 g/mol. The van der Waals surface area contributed by atoms with Gasteiger partial charge in [-0.25, -0.2) is 0 Å². The lowest BCUT2D eigenvalue weighted by Gasteiger charge is -2.22. The van der Waals surface area contributed by atoms with Gasteiger partial charge in [0.1, 0.15) is 0 Å². The number of aromatic nitrogens is 3. The number of likely N-dealkylation sites (tertiary alicyclic amines) is 1. The van der Waals surface area contributed by atoms with Crippen LogP contribution in [0.25, 0.3) is 11.4 Å². The molecule has 2 amide bonds. The Balaban J connectivity index is 1.38. The maximum absolute atomic E-state index is 12.6. The molecule has 0 saturated carbocycles. The average Bonchev–Trinajstić information content (AvgIpc) is 3.40. The van der Waals surface area contributed by atoms with E-state index < -0.39 is 0 Å². The number of primary amides is 1. The van der Waals surface area contributed by atoms with E-state index in [1.807, 2.05) is 60.0 Å². The molecule has 4 rings (SSSR count). The highest BCUT2D eigenvalue weighted by Crippen LogP contribution is 2.22. The van der Waals surface area contributed by atoms with Gasteiger partial charge in [-0.1, -0.05) is 42.0 Å². The lowest BCUT2D eigenvalue weighted by molar-refractivity contribution is -0.122. The quantitative estimate of drug-likeness (QED) is 0.443. The van der Waals surface area contributed by atoms with Crippen molar-refractivity contribution in [1.29, 1.82) is 0 Å². The van der Waals surface area contributed by atoms with Crippen LogP contribution in [0, 0.1) is 11.7 Å². The molecule has 1 saturated heterocycles. The number of amides is 2. The maximum atomic E-state index is 12.6. The first kappa shape index (κ1) is 22.9. The largest absolute Gasteiger partial charge is 0.368 e. The zero-order valence-corrected chi connectivity index (χ0v) is 19.4. The molecule has 0 aliphatic carbocycles. The van der Waals surface area contributed by atoms with Crippen LogP contribution in [0.3, 0.4) is 0 Å². The molecule has 1 fully saturated rings. The smallest absolute Gasteiger partial charge is 0.234 e. The first-order chi connectivity index (χ1) is 15.9. The predicted octanol–water partition coefficient (Wildman–Crippen LogP) is 3.39. The average molecular weight is 465 g/mol. The maximum Gasteiger partial charge on any atom is 0.234 e. The molecule has 1 aliphatic heterocycles. The lowest BCUT2D eigenvalue weighted by atomic mass is 10.1. The fraction of sp³-hybridized carbons (Fsp3) is 0.333. The van der Waals surface area contributed by atoms with Gasteiger partial charge in [-0.05, 0) is 56.2 Å². The second-order valence-corrected chi connectivity index (χ2v) is 8.79. The molecule has 2 heterocycles. The van der Waals surface area contributed by atoms with E-state index in [2.05, 4.69) is 20.4 Å². The third-order valence-electron chi connectivity index (χ3n) is 5.92. The molecule has 9 heteroatoms. The number of anilines is 1. The molecule has 3 aromatic rings. The summed E-state index contributed by atoms with van der Waals surface area (Å²) in [4.78, 5) is 26.4. The van der Waals surface area contributed by atoms with Crippen molar-refractivity contribution in [1.82, 2.24) is 19.7 Å². The number of rotatable bonds is 8. The number of carbonyl (C=O) groups excluding carboxylic acids is 2. The number of benzene rings is 2. The first-order valence-electron chi connectivity index (χ1n) is 11.0. The number of nitrogens with one attached hydrogen (secondary N) is 2. The number of aryl methyl sites for hydroxylation is 1. The summed E-state index contributed by atoms with van der Waals surface area (Å²) in [6.45, 7) is 3.92. The van der Waals surface area contributed by atoms with Crippen molar-refractivity contribution in [2.24, 2.45) is 5.73 Å². The summed E-state index contributed by atoms with van der Waals surface area (Å²) in [5.74, 6) is 0.325. The second kappa shape index (κ2) is 10.1. The number of hydrogen-bond donors (Lipinski definition) is 3. The number of nitrogens with zero attached hydrogens (tertiary/aromatic N) is 3. The summed E-state index contributed by atoms with van der Waals surface area (Å²) in [7, 11) is 0. The highest BCUT2D eigenvalue weighted by Gasteiger charge is 2.28. The van der Waals surface area contributed by atoms with Gasteiger partial charge >= 0.3 is 0 Å². The van der Waals surface area contributed by atoms with Gasteiger partial charge in [0.25, 0.3) is 0 Å². The Bertz CT molecular complexity index is 1200. The third kappa shape index (κ3) is 5.55. The van der Waals surface area contributed by atoms with E-state index in [0.29, 0.717) is 23.7 Å². The van der Waals surface area contributed by atoms with Crippen molar-refractivity contribution in [2.45, 2.75) is 45.3 Å². The molecule has 1 unspecified atom stereocenters. The van der Waals surface area contributed by atoms with Crippen molar-refractivity contribution in [3.63, 3.8) is 0 Å². The topological polar surface area (TPSA) is 109 Å². The minimum atomic E-state index is -0.278. The van der Waals surface area contributed by atoms with E-state index in [1.54, 1.807) is 0 Å². The van der Waals surface area contributed by atoms with Crippen LogP contribution in [0.2, 0.25) is 0 Å². The summed E-state index contributed by atoms with van der Waals surface area (Å²) < 4.78 is 2.32. The zero-order chi connectivity index (χ0) is 23.4. The Morgan fingerprint density at radius 2 is 2.03 bits per heavy atom. The lowest BCUT2D eigenvalue weighted by Crippen LogP contribution is -2.39. The number of hydrogen-bond acceptors (Lipinski definition) is 5. The van der Waals surface area contributed by atoms with Crippen LogP contribution in [-0.4, -0.2) is 44.1 Å². The number of carbonyl (C=O) groups is 2. The fourth-order valence-electron chi connectivity index (χ4n) is 4.20. The number of H-pyrrole nitrogens is 1. The Morgan fingerprint density at radius 3 is 2.79 bits per heavy atom. The van der Waals surface area contributed by atoms with E-state index in [9.17, 15) is 9.59 Å². The normalized spacial score (nSPS) is 16.1. The van der Waals surface area contributed by atoms with Crippen molar-refractivity contribution in [2.75, 3.05) is 11.9 Å². The SMILES string of the molecule is Cc1ccc(-c2n[nH]c(=S)n2CCC(=O)Nc2cccc(CN3CCCC3C(N)=O)c2)cc1. The van der Waals surface area contributed by atoms with Crippen molar-refractivity contribution >= 4 is 29.7 Å². The Kier molecular flexibility index (Phi) is 7.00.